The van der Waals surface area contributed by atoms with Gasteiger partial charge in [-0.1, -0.05) is 115 Å². The summed E-state index contributed by atoms with van der Waals surface area (Å²) < 4.78 is 6.00. The summed E-state index contributed by atoms with van der Waals surface area (Å²) >= 11 is 0. The molecule has 8 amide bonds. The van der Waals surface area contributed by atoms with Crippen LogP contribution in [-0.4, -0.2) is 113 Å². The van der Waals surface area contributed by atoms with E-state index >= 15 is 0 Å². The van der Waals surface area contributed by atoms with Crippen LogP contribution in [0.25, 0.3) is 0 Å². The monoisotopic (exact) mass is 993 g/mol. The van der Waals surface area contributed by atoms with E-state index in [1.807, 2.05) is 27.7 Å². The van der Waals surface area contributed by atoms with Crippen LogP contribution in [0.1, 0.15) is 173 Å². The molecule has 0 radical (unpaired) electrons. The van der Waals surface area contributed by atoms with Gasteiger partial charge in [0.2, 0.25) is 47.3 Å². The average Bonchev–Trinajstić information content (AvgIpc) is 3.24. The van der Waals surface area contributed by atoms with E-state index in [9.17, 15) is 53.1 Å². The summed E-state index contributed by atoms with van der Waals surface area (Å²) in [5.41, 5.74) is 5.47. The molecule has 0 aliphatic carbocycles. The zero-order chi connectivity index (χ0) is 53.4. The molecule has 0 bridgehead atoms. The molecule has 9 unspecified atom stereocenters. The number of esters is 1. The number of rotatable bonds is 21. The van der Waals surface area contributed by atoms with Gasteiger partial charge in [-0.3, -0.25) is 43.2 Å². The zero-order valence-electron chi connectivity index (χ0n) is 44.0. The van der Waals surface area contributed by atoms with Gasteiger partial charge in [-0.15, -0.1) is 0 Å². The second kappa shape index (κ2) is 31.8. The average molecular weight is 993 g/mol. The highest BCUT2D eigenvalue weighted by Crippen LogP contribution is 2.19. The van der Waals surface area contributed by atoms with Crippen LogP contribution in [0.3, 0.4) is 0 Å². The summed E-state index contributed by atoms with van der Waals surface area (Å²) in [6.07, 6.45) is 2.99. The molecule has 70 heavy (non-hydrogen) atoms. The maximum absolute atomic E-state index is 14.1. The first-order valence-electron chi connectivity index (χ1n) is 25.5. The van der Waals surface area contributed by atoms with E-state index in [-0.39, 0.29) is 56.3 Å². The molecule has 0 spiro atoms. The fourth-order valence-corrected chi connectivity index (χ4v) is 7.99. The molecule has 0 saturated carbocycles. The fraction of sp³-hybridized carbons (Fsp3) is 0.800. The number of hydrogen-bond donors (Lipinski definition) is 9. The Bertz CT molecular complexity index is 1750. The van der Waals surface area contributed by atoms with Gasteiger partial charge in [0.1, 0.15) is 48.4 Å². The van der Waals surface area contributed by atoms with Gasteiger partial charge in [-0.25, -0.2) is 4.79 Å². The molecule has 20 nitrogen and oxygen atoms in total. The van der Waals surface area contributed by atoms with E-state index in [2.05, 4.69) is 51.1 Å². The molecule has 1 aliphatic heterocycles. The van der Waals surface area contributed by atoms with Crippen molar-refractivity contribution in [2.24, 2.45) is 41.2 Å². The number of ether oxygens (including phenoxy) is 1. The number of carbonyl (C=O) groups excluding carboxylic acids is 9. The van der Waals surface area contributed by atoms with E-state index in [0.29, 0.717) is 12.3 Å². The van der Waals surface area contributed by atoms with E-state index in [1.54, 1.807) is 41.5 Å². The van der Waals surface area contributed by atoms with Crippen molar-refractivity contribution in [2.75, 3.05) is 0 Å². The molecule has 1 fully saturated rings. The van der Waals surface area contributed by atoms with Crippen molar-refractivity contribution in [3.63, 3.8) is 0 Å². The van der Waals surface area contributed by atoms with Gasteiger partial charge in [0.05, 0.1) is 12.8 Å². The number of amides is 8. The highest BCUT2D eigenvalue weighted by Gasteiger charge is 2.37. The summed E-state index contributed by atoms with van der Waals surface area (Å²) in [5, 5.41) is 28.3. The van der Waals surface area contributed by atoms with Crippen LogP contribution in [0.5, 0.6) is 0 Å². The second-order valence-electron chi connectivity index (χ2n) is 21.1. The lowest BCUT2D eigenvalue weighted by atomic mass is 9.98. The number of primary amides is 1. The number of nitrogens with two attached hydrogens (primary N) is 1. The molecule has 400 valence electrons. The quantitative estimate of drug-likeness (QED) is 0.0592. The Kier molecular flexibility index (Phi) is 28.5. The third-order valence-electron chi connectivity index (χ3n) is 12.2. The minimum absolute atomic E-state index is 0.0428. The topological polar surface area (TPSA) is 310 Å². The highest BCUT2D eigenvalue weighted by molar-refractivity contribution is 5.98. The van der Waals surface area contributed by atoms with Gasteiger partial charge < -0.3 is 52.8 Å². The molecule has 0 aromatic carbocycles. The second-order valence-corrected chi connectivity index (χ2v) is 21.1. The maximum atomic E-state index is 14.1. The van der Waals surface area contributed by atoms with Gasteiger partial charge in [-0.2, -0.15) is 0 Å². The van der Waals surface area contributed by atoms with Crippen molar-refractivity contribution in [2.45, 2.75) is 221 Å². The normalized spacial score (nSPS) is 24.9. The third-order valence-corrected chi connectivity index (χ3v) is 12.2. The predicted octanol–water partition coefficient (Wildman–Crippen LogP) is 3.27. The first-order valence-corrected chi connectivity index (χ1v) is 25.5. The van der Waals surface area contributed by atoms with Crippen LogP contribution in [0, 0.1) is 35.5 Å². The number of carbonyl (C=O) groups is 10. The van der Waals surface area contributed by atoms with Crippen molar-refractivity contribution in [3.05, 3.63) is 0 Å². The summed E-state index contributed by atoms with van der Waals surface area (Å²) in [6, 6.07) is -9.50. The van der Waals surface area contributed by atoms with Crippen LogP contribution >= 0.6 is 0 Å². The number of unbranched alkanes of at least 4 members (excludes halogenated alkanes) is 3. The van der Waals surface area contributed by atoms with E-state index in [4.69, 9.17) is 10.5 Å². The zero-order valence-corrected chi connectivity index (χ0v) is 44.0. The van der Waals surface area contributed by atoms with Gasteiger partial charge in [0.25, 0.3) is 0 Å². The largest absolute Gasteiger partial charge is 0.481 e. The van der Waals surface area contributed by atoms with E-state index in [1.165, 1.54) is 0 Å². The van der Waals surface area contributed by atoms with E-state index < -0.39 is 132 Å². The Balaban J connectivity index is 3.98. The molecule has 0 aromatic heterocycles. The number of cyclic esters (lactones) is 1. The standard InChI is InChI=1S/C50H88N8O12/c1-13-32(12)18-16-14-15-17-19-33-25-40(60)52-34(20-21-39(51)59)44(63)53-35(22-27(2)3)45(64)54-36(23-28(4)5)47(66)57-42(30(8)9)49(68)56-38(26-41(61)62)46(65)55-37(24-29(6)7)48(67)58-43(31(10)11)50(69)70-33/h27-38,42-43H,13-26H2,1-12H3,(H2,51,59)(H,52,60)(H,53,63)(H,54,64)(H,55,65)(H,56,68)(H,57,66)(H,58,67)(H,61,62). The lowest BCUT2D eigenvalue weighted by Gasteiger charge is -2.29. The van der Waals surface area contributed by atoms with Crippen molar-refractivity contribution in [1.82, 2.24) is 37.2 Å². The first-order chi connectivity index (χ1) is 32.6. The molecule has 20 heteroatoms. The summed E-state index contributed by atoms with van der Waals surface area (Å²) in [7, 11) is 0. The van der Waals surface area contributed by atoms with Crippen molar-refractivity contribution in [3.8, 4) is 0 Å². The molecule has 1 heterocycles. The molecule has 1 rings (SSSR count). The molecule has 0 aromatic rings. The highest BCUT2D eigenvalue weighted by atomic mass is 16.5. The number of carboxylic acid groups (broad SMARTS) is 1. The van der Waals surface area contributed by atoms with Crippen LogP contribution in [-0.2, 0) is 52.7 Å². The van der Waals surface area contributed by atoms with Crippen LogP contribution in [0.4, 0.5) is 0 Å². The van der Waals surface area contributed by atoms with Gasteiger partial charge >= 0.3 is 11.9 Å². The van der Waals surface area contributed by atoms with Gasteiger partial charge in [0, 0.05) is 6.42 Å². The molecule has 9 atom stereocenters. The first kappa shape index (κ1) is 62.7. The van der Waals surface area contributed by atoms with Crippen LogP contribution in [0.2, 0.25) is 0 Å². The minimum Gasteiger partial charge on any atom is -0.481 e. The molecule has 1 aliphatic rings. The molecular weight excluding hydrogens is 905 g/mol. The van der Waals surface area contributed by atoms with Crippen molar-refractivity contribution in [1.29, 1.82) is 0 Å². The summed E-state index contributed by atoms with van der Waals surface area (Å²) in [4.78, 5) is 136. The number of nitrogens with one attached hydrogen (secondary N) is 7. The summed E-state index contributed by atoms with van der Waals surface area (Å²) in [5.74, 6) is -9.94. The Morgan fingerprint density at radius 2 is 0.986 bits per heavy atom. The lowest BCUT2D eigenvalue weighted by molar-refractivity contribution is -0.156. The number of aliphatic carboxylic acids is 1. The Hall–Kier alpha value is -5.30. The number of carboxylic acids is 1. The summed E-state index contributed by atoms with van der Waals surface area (Å²) in [6.45, 7) is 21.7. The number of hydrogen-bond acceptors (Lipinski definition) is 11. The molecule has 10 N–H and O–H groups in total. The lowest BCUT2D eigenvalue weighted by Crippen LogP contribution is -2.61. The van der Waals surface area contributed by atoms with Crippen LogP contribution in [0.15, 0.2) is 0 Å². The fourth-order valence-electron chi connectivity index (χ4n) is 7.99. The maximum Gasteiger partial charge on any atom is 0.329 e. The predicted molar refractivity (Wildman–Crippen MR) is 264 cm³/mol. The van der Waals surface area contributed by atoms with Crippen molar-refractivity contribution < 1.29 is 57.8 Å². The minimum atomic E-state index is -1.72. The van der Waals surface area contributed by atoms with E-state index in [0.717, 1.165) is 32.1 Å². The smallest absolute Gasteiger partial charge is 0.329 e. The molecule has 1 saturated heterocycles. The van der Waals surface area contributed by atoms with Gasteiger partial charge in [-0.05, 0) is 74.0 Å². The Morgan fingerprint density at radius 1 is 0.557 bits per heavy atom. The van der Waals surface area contributed by atoms with Gasteiger partial charge in [0.15, 0.2) is 0 Å². The van der Waals surface area contributed by atoms with Crippen LogP contribution < -0.4 is 43.0 Å². The Morgan fingerprint density at radius 3 is 1.43 bits per heavy atom. The SMILES string of the molecule is CCC(C)CCCCCCC1CC(=O)NC(CCC(N)=O)C(=O)NC(CC(C)C)C(=O)NC(CC(C)C)C(=O)NC(C(C)C)C(=O)NC(CC(=O)O)C(=O)NC(CC(C)C)C(=O)NC(C(C)C)C(=O)O1. The Labute approximate surface area is 415 Å². The van der Waals surface area contributed by atoms with Crippen molar-refractivity contribution >= 4 is 59.2 Å². The third kappa shape index (κ3) is 24.5. The molecular formula is C50H88N8O12.